The molecule has 26 heavy (non-hydrogen) atoms. The average Bonchev–Trinajstić information content (AvgIpc) is 2.77. The topological polar surface area (TPSA) is 79.2 Å². The molecule has 5 heteroatoms. The third-order valence-electron chi connectivity index (χ3n) is 4.77. The molecule has 0 saturated heterocycles. The molecule has 0 spiro atoms. The van der Waals surface area contributed by atoms with Gasteiger partial charge in [0.15, 0.2) is 0 Å². The van der Waals surface area contributed by atoms with Crippen LogP contribution in [-0.2, 0) is 22.7 Å². The van der Waals surface area contributed by atoms with Gasteiger partial charge in [0.2, 0.25) is 0 Å². The Morgan fingerprint density at radius 2 is 1.15 bits per heavy atom. The van der Waals surface area contributed by atoms with Crippen molar-refractivity contribution >= 4 is 0 Å². The van der Waals surface area contributed by atoms with Gasteiger partial charge in [-0.05, 0) is 11.1 Å². The van der Waals surface area contributed by atoms with Gasteiger partial charge in [0, 0.05) is 12.8 Å². The van der Waals surface area contributed by atoms with E-state index in [1.54, 1.807) is 0 Å². The Labute approximate surface area is 153 Å². The molecule has 140 valence electrons. The Kier molecular flexibility index (Phi) is 6.77. The van der Waals surface area contributed by atoms with E-state index in [-0.39, 0.29) is 6.42 Å². The van der Waals surface area contributed by atoms with Crippen molar-refractivity contribution in [1.82, 2.24) is 0 Å². The summed E-state index contributed by atoms with van der Waals surface area (Å²) in [5, 5.41) is 30.9. The highest BCUT2D eigenvalue weighted by molar-refractivity contribution is 5.14. The van der Waals surface area contributed by atoms with Crippen LogP contribution in [0.25, 0.3) is 0 Å². The quantitative estimate of drug-likeness (QED) is 0.689. The van der Waals surface area contributed by atoms with Crippen molar-refractivity contribution in [2.75, 3.05) is 0 Å². The molecular formula is C21H26O5. The summed E-state index contributed by atoms with van der Waals surface area (Å²) >= 11 is 0. The first-order valence-electron chi connectivity index (χ1n) is 8.98. The zero-order chi connectivity index (χ0) is 18.4. The lowest BCUT2D eigenvalue weighted by Gasteiger charge is -2.26. The van der Waals surface area contributed by atoms with E-state index in [1.165, 1.54) is 0 Å². The Balaban J connectivity index is 1.63. The van der Waals surface area contributed by atoms with Crippen molar-refractivity contribution in [1.29, 1.82) is 0 Å². The first kappa shape index (κ1) is 19.0. The van der Waals surface area contributed by atoms with Crippen molar-refractivity contribution in [2.24, 2.45) is 0 Å². The zero-order valence-electron chi connectivity index (χ0n) is 14.6. The maximum atomic E-state index is 10.4. The van der Waals surface area contributed by atoms with Gasteiger partial charge < -0.3 is 24.8 Å². The van der Waals surface area contributed by atoms with Gasteiger partial charge in [-0.3, -0.25) is 0 Å². The second kappa shape index (κ2) is 9.26. The number of benzene rings is 2. The van der Waals surface area contributed by atoms with Gasteiger partial charge in [-0.1, -0.05) is 60.7 Å². The fourth-order valence-corrected chi connectivity index (χ4v) is 3.21. The highest BCUT2D eigenvalue weighted by Crippen LogP contribution is 2.26. The lowest BCUT2D eigenvalue weighted by atomic mass is 10.1. The number of rotatable bonds is 6. The van der Waals surface area contributed by atoms with Gasteiger partial charge in [0.05, 0.1) is 37.6 Å². The molecule has 2 aromatic rings. The predicted molar refractivity (Wildman–Crippen MR) is 97.3 cm³/mol. The molecule has 3 N–H and O–H groups in total. The molecule has 0 aliphatic heterocycles. The van der Waals surface area contributed by atoms with Crippen LogP contribution in [0.15, 0.2) is 60.7 Å². The van der Waals surface area contributed by atoms with Gasteiger partial charge in [0.1, 0.15) is 6.10 Å². The highest BCUT2D eigenvalue weighted by Gasteiger charge is 2.38. The summed E-state index contributed by atoms with van der Waals surface area (Å²) in [5.74, 6) is 0. The largest absolute Gasteiger partial charge is 0.390 e. The van der Waals surface area contributed by atoms with E-state index in [4.69, 9.17) is 9.47 Å². The molecular weight excluding hydrogens is 332 g/mol. The summed E-state index contributed by atoms with van der Waals surface area (Å²) in [6.07, 6.45) is -3.69. The number of aliphatic hydroxyl groups is 3. The normalized spacial score (nSPS) is 29.3. The minimum absolute atomic E-state index is 0.0613. The van der Waals surface area contributed by atoms with E-state index in [9.17, 15) is 15.3 Å². The molecule has 1 saturated carbocycles. The van der Waals surface area contributed by atoms with Crippen LogP contribution >= 0.6 is 0 Å². The molecule has 3 rings (SSSR count). The Bertz CT molecular complexity index is 648. The van der Waals surface area contributed by atoms with E-state index in [2.05, 4.69) is 0 Å². The van der Waals surface area contributed by atoms with Crippen LogP contribution < -0.4 is 0 Å². The minimum Gasteiger partial charge on any atom is -0.390 e. The lowest BCUT2D eigenvalue weighted by molar-refractivity contribution is -0.103. The number of hydrogen-bond donors (Lipinski definition) is 3. The standard InChI is InChI=1S/C21H26O5/c22-17-11-18(23)21(24)20(26-14-16-9-5-2-6-10-16)12-19(17)25-13-15-7-3-1-4-8-15/h1-10,17-24H,11-14H2/t17-,18+,19-,20+,21+/m1/s1. The van der Waals surface area contributed by atoms with E-state index >= 15 is 0 Å². The molecule has 0 unspecified atom stereocenters. The van der Waals surface area contributed by atoms with E-state index in [0.29, 0.717) is 19.6 Å². The van der Waals surface area contributed by atoms with Gasteiger partial charge >= 0.3 is 0 Å². The molecule has 2 aromatic carbocycles. The Hall–Kier alpha value is -1.76. The smallest absolute Gasteiger partial charge is 0.106 e. The predicted octanol–water partition coefficient (Wildman–Crippen LogP) is 2.03. The van der Waals surface area contributed by atoms with Crippen LogP contribution in [0.3, 0.4) is 0 Å². The molecule has 1 aliphatic rings. The van der Waals surface area contributed by atoms with E-state index in [1.807, 2.05) is 60.7 Å². The van der Waals surface area contributed by atoms with Crippen LogP contribution in [0.4, 0.5) is 0 Å². The maximum Gasteiger partial charge on any atom is 0.106 e. The summed E-state index contributed by atoms with van der Waals surface area (Å²) < 4.78 is 11.7. The van der Waals surface area contributed by atoms with Crippen LogP contribution in [0.1, 0.15) is 24.0 Å². The van der Waals surface area contributed by atoms with Crippen molar-refractivity contribution in [3.05, 3.63) is 71.8 Å². The lowest BCUT2D eigenvalue weighted by Crippen LogP contribution is -2.38. The van der Waals surface area contributed by atoms with Gasteiger partial charge in [-0.2, -0.15) is 0 Å². The Morgan fingerprint density at radius 3 is 1.69 bits per heavy atom. The third kappa shape index (κ3) is 5.13. The summed E-state index contributed by atoms with van der Waals surface area (Å²) in [7, 11) is 0. The molecule has 5 nitrogen and oxygen atoms in total. The molecule has 1 fully saturated rings. The fourth-order valence-electron chi connectivity index (χ4n) is 3.21. The van der Waals surface area contributed by atoms with Crippen LogP contribution in [0.5, 0.6) is 0 Å². The third-order valence-corrected chi connectivity index (χ3v) is 4.77. The molecule has 5 atom stereocenters. The van der Waals surface area contributed by atoms with Crippen LogP contribution in [0.2, 0.25) is 0 Å². The Morgan fingerprint density at radius 1 is 0.654 bits per heavy atom. The molecule has 0 aromatic heterocycles. The van der Waals surface area contributed by atoms with Crippen molar-refractivity contribution in [3.63, 3.8) is 0 Å². The van der Waals surface area contributed by atoms with Gasteiger partial charge in [0.25, 0.3) is 0 Å². The zero-order valence-corrected chi connectivity index (χ0v) is 14.6. The number of aliphatic hydroxyl groups excluding tert-OH is 3. The molecule has 0 amide bonds. The number of hydrogen-bond acceptors (Lipinski definition) is 5. The minimum atomic E-state index is -1.06. The van der Waals surface area contributed by atoms with E-state index < -0.39 is 30.5 Å². The molecule has 0 radical (unpaired) electrons. The first-order valence-corrected chi connectivity index (χ1v) is 8.98. The summed E-state index contributed by atoms with van der Waals surface area (Å²) in [5.41, 5.74) is 1.99. The van der Waals surface area contributed by atoms with E-state index in [0.717, 1.165) is 11.1 Å². The van der Waals surface area contributed by atoms with Crippen molar-refractivity contribution < 1.29 is 24.8 Å². The summed E-state index contributed by atoms with van der Waals surface area (Å²) in [4.78, 5) is 0. The van der Waals surface area contributed by atoms with Crippen LogP contribution in [0, 0.1) is 0 Å². The van der Waals surface area contributed by atoms with Crippen molar-refractivity contribution in [3.8, 4) is 0 Å². The van der Waals surface area contributed by atoms with Gasteiger partial charge in [-0.25, -0.2) is 0 Å². The summed E-state index contributed by atoms with van der Waals surface area (Å²) in [6.45, 7) is 0.691. The highest BCUT2D eigenvalue weighted by atomic mass is 16.5. The van der Waals surface area contributed by atoms with Crippen molar-refractivity contribution in [2.45, 2.75) is 56.6 Å². The molecule has 0 bridgehead atoms. The van der Waals surface area contributed by atoms with Gasteiger partial charge in [-0.15, -0.1) is 0 Å². The molecule has 1 aliphatic carbocycles. The fraction of sp³-hybridized carbons (Fsp3) is 0.429. The SMILES string of the molecule is O[C@@H]1[C@@H](OCc2ccccc2)C[C@@H](OCc2ccccc2)[C@H](O)C[C@@H]1O. The second-order valence-corrected chi connectivity index (χ2v) is 6.77. The monoisotopic (exact) mass is 358 g/mol. The second-order valence-electron chi connectivity index (χ2n) is 6.77. The average molecular weight is 358 g/mol. The van der Waals surface area contributed by atoms with Crippen LogP contribution in [-0.4, -0.2) is 45.8 Å². The first-order chi connectivity index (χ1) is 12.6. The molecule has 0 heterocycles. The summed E-state index contributed by atoms with van der Waals surface area (Å²) in [6, 6.07) is 19.4. The number of ether oxygens (including phenoxy) is 2. The maximum absolute atomic E-state index is 10.4.